The van der Waals surface area contributed by atoms with Crippen LogP contribution in [0.25, 0.3) is 6.08 Å². The smallest absolute Gasteiger partial charge is 0.335 e. The Kier molecular flexibility index (Phi) is 8.78. The van der Waals surface area contributed by atoms with Crippen molar-refractivity contribution < 1.29 is 28.7 Å². The zero-order chi connectivity index (χ0) is 28.3. The van der Waals surface area contributed by atoms with E-state index < -0.39 is 23.8 Å². The summed E-state index contributed by atoms with van der Waals surface area (Å²) in [5.41, 5.74) is 1.85. The molecule has 4 rings (SSSR count). The minimum Gasteiger partial charge on any atom is -0.493 e. The highest BCUT2D eigenvalue weighted by molar-refractivity contribution is 14.1. The van der Waals surface area contributed by atoms with Crippen LogP contribution in [-0.2, 0) is 14.4 Å². The van der Waals surface area contributed by atoms with Crippen molar-refractivity contribution >= 4 is 87.0 Å². The Bertz CT molecular complexity index is 1520. The number of rotatable bonds is 7. The average molecular weight is 680 g/mol. The van der Waals surface area contributed by atoms with Gasteiger partial charge in [-0.05, 0) is 95.2 Å². The molecule has 2 N–H and O–H groups in total. The number of carbonyl (C=O) groups excluding carboxylic acids is 4. The standard InChI is InChI=1S/C27H20Cl2IN3O6/c1-14-3-6-17(12-20(14)29)31-23(34)13-39-24-21(30)10-15(11-22(24)38-2)9-19-25(35)32-27(37)33(26(19)36)18-7-4-16(28)5-8-18/h3-12H,13H2,1-2H3,(H,31,34)(H,32,35,37)/b19-9-. The molecule has 1 fully saturated rings. The zero-order valence-electron chi connectivity index (χ0n) is 20.5. The second-order valence-corrected chi connectivity index (χ2v) is 10.3. The number of aryl methyl sites for hydroxylation is 1. The van der Waals surface area contributed by atoms with E-state index in [1.54, 1.807) is 30.3 Å². The molecule has 0 unspecified atom stereocenters. The maximum atomic E-state index is 13.1. The minimum absolute atomic E-state index is 0.252. The third kappa shape index (κ3) is 6.52. The molecule has 3 aromatic carbocycles. The lowest BCUT2D eigenvalue weighted by Gasteiger charge is -2.26. The molecular formula is C27H20Cl2IN3O6. The first-order chi connectivity index (χ1) is 18.6. The van der Waals surface area contributed by atoms with Gasteiger partial charge in [-0.25, -0.2) is 9.69 Å². The maximum Gasteiger partial charge on any atom is 0.335 e. The van der Waals surface area contributed by atoms with E-state index in [-0.39, 0.29) is 23.6 Å². The monoisotopic (exact) mass is 679 g/mol. The van der Waals surface area contributed by atoms with Crippen molar-refractivity contribution in [1.82, 2.24) is 5.32 Å². The van der Waals surface area contributed by atoms with E-state index in [1.165, 1.54) is 37.5 Å². The van der Waals surface area contributed by atoms with E-state index in [1.807, 2.05) is 29.5 Å². The lowest BCUT2D eigenvalue weighted by molar-refractivity contribution is -0.122. The first-order valence-corrected chi connectivity index (χ1v) is 13.1. The van der Waals surface area contributed by atoms with Crippen molar-refractivity contribution in [3.05, 3.63) is 84.9 Å². The first kappa shape index (κ1) is 28.4. The van der Waals surface area contributed by atoms with Gasteiger partial charge in [-0.1, -0.05) is 29.3 Å². The molecule has 12 heteroatoms. The number of hydrogen-bond donors (Lipinski definition) is 2. The van der Waals surface area contributed by atoms with Crippen LogP contribution in [0.15, 0.2) is 60.2 Å². The normalized spacial score (nSPS) is 14.3. The predicted octanol–water partition coefficient (Wildman–Crippen LogP) is 5.60. The summed E-state index contributed by atoms with van der Waals surface area (Å²) in [5.74, 6) is -1.47. The third-order valence-electron chi connectivity index (χ3n) is 5.55. The Labute approximate surface area is 247 Å². The van der Waals surface area contributed by atoms with Crippen LogP contribution in [0.3, 0.4) is 0 Å². The van der Waals surface area contributed by atoms with E-state index in [0.29, 0.717) is 30.6 Å². The Morgan fingerprint density at radius 3 is 2.46 bits per heavy atom. The van der Waals surface area contributed by atoms with Gasteiger partial charge in [0, 0.05) is 15.7 Å². The molecule has 0 saturated carbocycles. The molecule has 0 spiro atoms. The van der Waals surface area contributed by atoms with Gasteiger partial charge in [-0.3, -0.25) is 19.7 Å². The highest BCUT2D eigenvalue weighted by Gasteiger charge is 2.36. The Morgan fingerprint density at radius 2 is 1.79 bits per heavy atom. The zero-order valence-corrected chi connectivity index (χ0v) is 24.2. The Morgan fingerprint density at radius 1 is 1.08 bits per heavy atom. The van der Waals surface area contributed by atoms with Crippen molar-refractivity contribution in [3.8, 4) is 11.5 Å². The van der Waals surface area contributed by atoms with Crippen molar-refractivity contribution in [2.45, 2.75) is 6.92 Å². The van der Waals surface area contributed by atoms with Gasteiger partial charge in [0.05, 0.1) is 16.4 Å². The SMILES string of the molecule is COc1cc(/C=C2/C(=O)NC(=O)N(c3ccc(Cl)cc3)C2=O)cc(I)c1OCC(=O)Nc1ccc(C)c(Cl)c1. The third-order valence-corrected chi connectivity index (χ3v) is 7.01. The number of nitrogens with one attached hydrogen (secondary N) is 2. The summed E-state index contributed by atoms with van der Waals surface area (Å²) in [4.78, 5) is 51.4. The van der Waals surface area contributed by atoms with Crippen molar-refractivity contribution in [3.63, 3.8) is 0 Å². The highest BCUT2D eigenvalue weighted by Crippen LogP contribution is 2.35. The highest BCUT2D eigenvalue weighted by atomic mass is 127. The van der Waals surface area contributed by atoms with Crippen LogP contribution in [0.5, 0.6) is 11.5 Å². The molecule has 3 aromatic rings. The molecule has 0 atom stereocenters. The Hall–Kier alpha value is -3.61. The molecular weight excluding hydrogens is 660 g/mol. The molecule has 9 nitrogen and oxygen atoms in total. The number of benzene rings is 3. The lowest BCUT2D eigenvalue weighted by Crippen LogP contribution is -2.54. The van der Waals surface area contributed by atoms with Gasteiger partial charge >= 0.3 is 6.03 Å². The van der Waals surface area contributed by atoms with Crippen LogP contribution >= 0.6 is 45.8 Å². The minimum atomic E-state index is -0.869. The van der Waals surface area contributed by atoms with Crippen LogP contribution in [0.4, 0.5) is 16.2 Å². The van der Waals surface area contributed by atoms with Crippen LogP contribution in [0.1, 0.15) is 11.1 Å². The molecule has 1 aliphatic rings. The van der Waals surface area contributed by atoms with Gasteiger partial charge in [0.2, 0.25) is 0 Å². The summed E-state index contributed by atoms with van der Waals surface area (Å²) < 4.78 is 11.7. The predicted molar refractivity (Wildman–Crippen MR) is 156 cm³/mol. The van der Waals surface area contributed by atoms with Crippen LogP contribution in [0.2, 0.25) is 10.0 Å². The number of imide groups is 2. The number of barbiturate groups is 1. The number of urea groups is 1. The number of anilines is 2. The average Bonchev–Trinajstić information content (AvgIpc) is 2.88. The van der Waals surface area contributed by atoms with E-state index in [4.69, 9.17) is 32.7 Å². The quantitative estimate of drug-likeness (QED) is 0.191. The molecule has 0 bridgehead atoms. The fraction of sp³-hybridized carbons (Fsp3) is 0.111. The summed E-state index contributed by atoms with van der Waals surface area (Å²) in [6.45, 7) is 1.55. The number of amides is 5. The molecule has 39 heavy (non-hydrogen) atoms. The van der Waals surface area contributed by atoms with Crippen molar-refractivity contribution in [2.75, 3.05) is 23.9 Å². The molecule has 5 amide bonds. The Balaban J connectivity index is 1.54. The molecule has 0 aliphatic carbocycles. The number of carbonyl (C=O) groups is 4. The maximum absolute atomic E-state index is 13.1. The van der Waals surface area contributed by atoms with E-state index in [9.17, 15) is 19.2 Å². The van der Waals surface area contributed by atoms with E-state index in [0.717, 1.165) is 10.5 Å². The summed E-state index contributed by atoms with van der Waals surface area (Å²) >= 11 is 14.0. The van der Waals surface area contributed by atoms with E-state index in [2.05, 4.69) is 10.6 Å². The fourth-order valence-corrected chi connectivity index (χ4v) is 4.70. The number of hydrogen-bond acceptors (Lipinski definition) is 6. The molecule has 200 valence electrons. The van der Waals surface area contributed by atoms with E-state index >= 15 is 0 Å². The number of nitrogens with zero attached hydrogens (tertiary/aromatic N) is 1. The number of ether oxygens (including phenoxy) is 2. The summed E-state index contributed by atoms with van der Waals surface area (Å²) in [5, 5.41) is 5.84. The van der Waals surface area contributed by atoms with Crippen LogP contribution in [0, 0.1) is 10.5 Å². The molecule has 1 saturated heterocycles. The number of methoxy groups -OCH3 is 1. The van der Waals surface area contributed by atoms with Gasteiger partial charge in [0.25, 0.3) is 17.7 Å². The van der Waals surface area contributed by atoms with Gasteiger partial charge in [-0.2, -0.15) is 0 Å². The molecule has 0 radical (unpaired) electrons. The number of halogens is 3. The first-order valence-electron chi connectivity index (χ1n) is 11.3. The lowest BCUT2D eigenvalue weighted by atomic mass is 10.1. The van der Waals surface area contributed by atoms with Gasteiger partial charge in [0.15, 0.2) is 18.1 Å². The second-order valence-electron chi connectivity index (χ2n) is 8.27. The molecule has 1 aliphatic heterocycles. The van der Waals surface area contributed by atoms with Crippen LogP contribution in [-0.4, -0.2) is 37.5 Å². The van der Waals surface area contributed by atoms with Crippen LogP contribution < -0.4 is 25.0 Å². The van der Waals surface area contributed by atoms with Gasteiger partial charge in [0.1, 0.15) is 5.57 Å². The summed E-state index contributed by atoms with van der Waals surface area (Å²) in [6.07, 6.45) is 1.34. The molecule has 0 aromatic heterocycles. The fourth-order valence-electron chi connectivity index (χ4n) is 3.62. The molecule has 1 heterocycles. The van der Waals surface area contributed by atoms with Gasteiger partial charge in [-0.15, -0.1) is 0 Å². The van der Waals surface area contributed by atoms with Crippen molar-refractivity contribution in [2.24, 2.45) is 0 Å². The summed E-state index contributed by atoms with van der Waals surface area (Å²) in [7, 11) is 1.42. The largest absolute Gasteiger partial charge is 0.493 e. The summed E-state index contributed by atoms with van der Waals surface area (Å²) in [6, 6.07) is 13.5. The van der Waals surface area contributed by atoms with Gasteiger partial charge < -0.3 is 14.8 Å². The second kappa shape index (κ2) is 12.1. The van der Waals surface area contributed by atoms with Crippen molar-refractivity contribution in [1.29, 1.82) is 0 Å². The topological polar surface area (TPSA) is 114 Å².